The minimum Gasteiger partial charge on any atom is -0.478 e. The smallest absolute Gasteiger partial charge is 0.335 e. The standard InChI is InChI=1S/C10H10FNO2.ClH/c11-9-2-1-7(10(13)14)6-3-4-12-5-8(6)9;/h1-2,12H,3-5H2,(H,13,14);1H. The number of carboxylic acid groups (broad SMARTS) is 1. The molecule has 0 amide bonds. The Hall–Kier alpha value is -1.13. The zero-order chi connectivity index (χ0) is 10.1. The fraction of sp³-hybridized carbons (Fsp3) is 0.300. The van der Waals surface area contributed by atoms with Crippen LogP contribution in [0.2, 0.25) is 0 Å². The molecule has 0 aliphatic carbocycles. The summed E-state index contributed by atoms with van der Waals surface area (Å²) >= 11 is 0. The summed E-state index contributed by atoms with van der Waals surface area (Å²) < 4.78 is 13.3. The summed E-state index contributed by atoms with van der Waals surface area (Å²) in [5, 5.41) is 11.9. The molecule has 0 unspecified atom stereocenters. The van der Waals surface area contributed by atoms with E-state index in [2.05, 4.69) is 5.32 Å². The second-order valence-electron chi connectivity index (χ2n) is 3.28. The van der Waals surface area contributed by atoms with Gasteiger partial charge in [0.2, 0.25) is 0 Å². The van der Waals surface area contributed by atoms with Gasteiger partial charge in [0.15, 0.2) is 0 Å². The summed E-state index contributed by atoms with van der Waals surface area (Å²) in [6.45, 7) is 1.12. The molecule has 1 aliphatic heterocycles. The van der Waals surface area contributed by atoms with Crippen LogP contribution in [0.3, 0.4) is 0 Å². The maximum Gasteiger partial charge on any atom is 0.335 e. The van der Waals surface area contributed by atoms with Crippen LogP contribution in [0.5, 0.6) is 0 Å². The highest BCUT2D eigenvalue weighted by molar-refractivity contribution is 5.90. The van der Waals surface area contributed by atoms with Crippen LogP contribution >= 0.6 is 12.4 Å². The molecule has 0 atom stereocenters. The van der Waals surface area contributed by atoms with Crippen LogP contribution < -0.4 is 5.32 Å². The van der Waals surface area contributed by atoms with Crippen molar-refractivity contribution >= 4 is 18.4 Å². The largest absolute Gasteiger partial charge is 0.478 e. The number of halogens is 2. The number of rotatable bonds is 1. The Morgan fingerprint density at radius 3 is 2.80 bits per heavy atom. The monoisotopic (exact) mass is 231 g/mol. The van der Waals surface area contributed by atoms with Crippen LogP contribution in [0.1, 0.15) is 21.5 Å². The Balaban J connectivity index is 0.00000112. The van der Waals surface area contributed by atoms with E-state index >= 15 is 0 Å². The summed E-state index contributed by atoms with van der Waals surface area (Å²) in [5.74, 6) is -1.31. The van der Waals surface area contributed by atoms with Gasteiger partial charge in [-0.3, -0.25) is 0 Å². The minimum absolute atomic E-state index is 0. The van der Waals surface area contributed by atoms with E-state index in [9.17, 15) is 9.18 Å². The van der Waals surface area contributed by atoms with Crippen molar-refractivity contribution in [1.29, 1.82) is 0 Å². The summed E-state index contributed by atoms with van der Waals surface area (Å²) in [5.41, 5.74) is 1.36. The van der Waals surface area contributed by atoms with Crippen molar-refractivity contribution < 1.29 is 14.3 Å². The molecule has 1 aromatic carbocycles. The number of hydrogen-bond donors (Lipinski definition) is 2. The molecule has 0 saturated heterocycles. The number of aromatic carboxylic acids is 1. The molecule has 5 heteroatoms. The Morgan fingerprint density at radius 2 is 2.13 bits per heavy atom. The highest BCUT2D eigenvalue weighted by Gasteiger charge is 2.19. The molecule has 3 nitrogen and oxygen atoms in total. The van der Waals surface area contributed by atoms with E-state index in [0.29, 0.717) is 30.6 Å². The quantitative estimate of drug-likeness (QED) is 0.772. The van der Waals surface area contributed by atoms with E-state index in [0.717, 1.165) is 0 Å². The maximum absolute atomic E-state index is 13.3. The normalized spacial score (nSPS) is 13.9. The van der Waals surface area contributed by atoms with Crippen LogP contribution in [0, 0.1) is 5.82 Å². The zero-order valence-corrected chi connectivity index (χ0v) is 8.73. The topological polar surface area (TPSA) is 49.3 Å². The molecule has 15 heavy (non-hydrogen) atoms. The van der Waals surface area contributed by atoms with Gasteiger partial charge in [0.05, 0.1) is 5.56 Å². The Labute approximate surface area is 92.7 Å². The summed E-state index contributed by atoms with van der Waals surface area (Å²) in [7, 11) is 0. The highest BCUT2D eigenvalue weighted by Crippen LogP contribution is 2.21. The lowest BCUT2D eigenvalue weighted by Gasteiger charge is -2.19. The van der Waals surface area contributed by atoms with E-state index in [4.69, 9.17) is 5.11 Å². The van der Waals surface area contributed by atoms with Gasteiger partial charge >= 0.3 is 5.97 Å². The minimum atomic E-state index is -0.983. The molecule has 0 saturated carbocycles. The maximum atomic E-state index is 13.3. The summed E-state index contributed by atoms with van der Waals surface area (Å²) in [6, 6.07) is 2.55. The Bertz CT molecular complexity index is 395. The Kier molecular flexibility index (Phi) is 3.66. The van der Waals surface area contributed by atoms with E-state index in [1.165, 1.54) is 12.1 Å². The molecule has 0 bridgehead atoms. The molecule has 0 aromatic heterocycles. The number of carboxylic acids is 1. The first-order valence-corrected chi connectivity index (χ1v) is 4.44. The number of benzene rings is 1. The average molecular weight is 232 g/mol. The second-order valence-corrected chi connectivity index (χ2v) is 3.28. The SMILES string of the molecule is Cl.O=C(O)c1ccc(F)c2c1CCNC2. The fourth-order valence-corrected chi connectivity index (χ4v) is 1.77. The Morgan fingerprint density at radius 1 is 1.40 bits per heavy atom. The van der Waals surface area contributed by atoms with Crippen molar-refractivity contribution in [3.63, 3.8) is 0 Å². The molecule has 1 aliphatic rings. The molecule has 0 spiro atoms. The van der Waals surface area contributed by atoms with Gasteiger partial charge in [-0.05, 0) is 30.7 Å². The van der Waals surface area contributed by atoms with Gasteiger partial charge in [0.1, 0.15) is 5.82 Å². The van der Waals surface area contributed by atoms with Crippen LogP contribution in [-0.2, 0) is 13.0 Å². The number of fused-ring (bicyclic) bond motifs is 1. The third kappa shape index (κ3) is 2.11. The van der Waals surface area contributed by atoms with Crippen molar-refractivity contribution in [3.8, 4) is 0 Å². The van der Waals surface area contributed by atoms with E-state index < -0.39 is 5.97 Å². The van der Waals surface area contributed by atoms with Gasteiger partial charge in [-0.2, -0.15) is 0 Å². The molecule has 2 N–H and O–H groups in total. The highest BCUT2D eigenvalue weighted by atomic mass is 35.5. The van der Waals surface area contributed by atoms with Gasteiger partial charge in [-0.25, -0.2) is 9.18 Å². The predicted molar refractivity (Wildman–Crippen MR) is 56.0 cm³/mol. The molecular weight excluding hydrogens is 221 g/mol. The lowest BCUT2D eigenvalue weighted by molar-refractivity contribution is 0.0695. The first kappa shape index (κ1) is 11.9. The average Bonchev–Trinajstić information content (AvgIpc) is 2.18. The molecule has 1 heterocycles. The number of carbonyl (C=O) groups is 1. The molecule has 1 aromatic rings. The van der Waals surface area contributed by atoms with Gasteiger partial charge in [0.25, 0.3) is 0 Å². The number of hydrogen-bond acceptors (Lipinski definition) is 2. The zero-order valence-electron chi connectivity index (χ0n) is 7.92. The van der Waals surface area contributed by atoms with Crippen LogP contribution in [-0.4, -0.2) is 17.6 Å². The lowest BCUT2D eigenvalue weighted by atomic mass is 9.95. The van der Waals surface area contributed by atoms with Crippen molar-refractivity contribution in [1.82, 2.24) is 5.32 Å². The first-order chi connectivity index (χ1) is 6.70. The van der Waals surface area contributed by atoms with Crippen LogP contribution in [0.4, 0.5) is 4.39 Å². The first-order valence-electron chi connectivity index (χ1n) is 4.44. The second kappa shape index (κ2) is 4.59. The molecular formula is C10H11ClFNO2. The van der Waals surface area contributed by atoms with Gasteiger partial charge < -0.3 is 10.4 Å². The van der Waals surface area contributed by atoms with E-state index in [1.54, 1.807) is 0 Å². The van der Waals surface area contributed by atoms with Gasteiger partial charge in [-0.15, -0.1) is 12.4 Å². The third-order valence-corrected chi connectivity index (χ3v) is 2.46. The summed E-state index contributed by atoms with van der Waals surface area (Å²) in [4.78, 5) is 10.8. The molecule has 0 radical (unpaired) electrons. The van der Waals surface area contributed by atoms with Crippen LogP contribution in [0.15, 0.2) is 12.1 Å². The van der Waals surface area contributed by atoms with E-state index in [1.807, 2.05) is 0 Å². The third-order valence-electron chi connectivity index (χ3n) is 2.46. The van der Waals surface area contributed by atoms with Crippen molar-refractivity contribution in [2.24, 2.45) is 0 Å². The lowest BCUT2D eigenvalue weighted by Crippen LogP contribution is -2.26. The number of nitrogens with one attached hydrogen (secondary N) is 1. The molecule has 82 valence electrons. The van der Waals surface area contributed by atoms with Gasteiger partial charge in [-0.1, -0.05) is 0 Å². The van der Waals surface area contributed by atoms with Gasteiger partial charge in [0, 0.05) is 12.1 Å². The fourth-order valence-electron chi connectivity index (χ4n) is 1.77. The van der Waals surface area contributed by atoms with Crippen molar-refractivity contribution in [3.05, 3.63) is 34.6 Å². The van der Waals surface area contributed by atoms with Crippen molar-refractivity contribution in [2.75, 3.05) is 6.54 Å². The van der Waals surface area contributed by atoms with E-state index in [-0.39, 0.29) is 23.8 Å². The molecule has 0 fully saturated rings. The van der Waals surface area contributed by atoms with Crippen molar-refractivity contribution in [2.45, 2.75) is 13.0 Å². The molecule has 2 rings (SSSR count). The predicted octanol–water partition coefficient (Wildman–Crippen LogP) is 1.59. The van der Waals surface area contributed by atoms with Crippen LogP contribution in [0.25, 0.3) is 0 Å². The summed E-state index contributed by atoms with van der Waals surface area (Å²) in [6.07, 6.45) is 0.578.